The highest BCUT2D eigenvalue weighted by Gasteiger charge is 2.14. The summed E-state index contributed by atoms with van der Waals surface area (Å²) in [5.41, 5.74) is 0. The molecular formula is C27H53NO2. The molecule has 1 atom stereocenters. The van der Waals surface area contributed by atoms with Crippen LogP contribution in [0.4, 0.5) is 0 Å². The van der Waals surface area contributed by atoms with E-state index in [9.17, 15) is 4.79 Å². The van der Waals surface area contributed by atoms with E-state index in [4.69, 9.17) is 10.1 Å². The maximum atomic E-state index is 11.6. The number of hydrogen-bond donors (Lipinski definition) is 1. The summed E-state index contributed by atoms with van der Waals surface area (Å²) in [6.07, 6.45) is 25.4. The first-order chi connectivity index (χ1) is 14.6. The van der Waals surface area contributed by atoms with Crippen LogP contribution in [0.1, 0.15) is 156 Å². The van der Waals surface area contributed by atoms with Crippen molar-refractivity contribution in [2.45, 2.75) is 162 Å². The van der Waals surface area contributed by atoms with Crippen LogP contribution in [0.15, 0.2) is 0 Å². The van der Waals surface area contributed by atoms with Crippen LogP contribution in [0.25, 0.3) is 0 Å². The van der Waals surface area contributed by atoms with E-state index in [1.807, 2.05) is 0 Å². The van der Waals surface area contributed by atoms with E-state index in [-0.39, 0.29) is 11.9 Å². The van der Waals surface area contributed by atoms with Gasteiger partial charge >= 0.3 is 0 Å². The van der Waals surface area contributed by atoms with Gasteiger partial charge in [0.15, 0.2) is 5.90 Å². The Morgan fingerprint density at radius 1 is 0.667 bits per heavy atom. The number of carbonyl (C=O) groups is 1. The first-order valence-electron chi connectivity index (χ1n) is 13.3. The van der Waals surface area contributed by atoms with Crippen molar-refractivity contribution in [3.05, 3.63) is 0 Å². The molecular weight excluding hydrogens is 370 g/mol. The van der Waals surface area contributed by atoms with Crippen molar-refractivity contribution in [1.29, 1.82) is 5.41 Å². The lowest BCUT2D eigenvalue weighted by atomic mass is 10.0. The maximum absolute atomic E-state index is 11.6. The molecule has 3 nitrogen and oxygen atoms in total. The van der Waals surface area contributed by atoms with Crippen molar-refractivity contribution < 1.29 is 9.53 Å². The molecule has 0 unspecified atom stereocenters. The summed E-state index contributed by atoms with van der Waals surface area (Å²) in [4.78, 5) is 11.6. The van der Waals surface area contributed by atoms with Crippen molar-refractivity contribution in [2.75, 3.05) is 0 Å². The van der Waals surface area contributed by atoms with Crippen LogP contribution < -0.4 is 0 Å². The standard InChI is InChI=1S/C27H53NO2/c1-4-6-8-10-12-14-16-18-20-22-26(24-25(3)29)30-27(28)23-21-19-17-15-13-11-9-7-5-2/h26,28H,4-24H2,1-3H3/t26-/m0/s1. The van der Waals surface area contributed by atoms with Gasteiger partial charge in [-0.1, -0.05) is 117 Å². The molecule has 0 aliphatic rings. The van der Waals surface area contributed by atoms with Gasteiger partial charge in [-0.25, -0.2) is 0 Å². The fraction of sp³-hybridized carbons (Fsp3) is 0.926. The topological polar surface area (TPSA) is 50.1 Å². The first-order valence-corrected chi connectivity index (χ1v) is 13.3. The molecule has 3 heteroatoms. The minimum absolute atomic E-state index is 0.0851. The third-order valence-corrected chi connectivity index (χ3v) is 5.96. The molecule has 0 bridgehead atoms. The molecule has 0 heterocycles. The number of nitrogens with one attached hydrogen (secondary N) is 1. The zero-order valence-corrected chi connectivity index (χ0v) is 20.7. The van der Waals surface area contributed by atoms with E-state index in [1.165, 1.54) is 103 Å². The van der Waals surface area contributed by atoms with Crippen molar-refractivity contribution >= 4 is 11.7 Å². The number of Topliss-reactive ketones (excluding diaryl/α,β-unsaturated/α-hetero) is 1. The number of unbranched alkanes of at least 4 members (excludes halogenated alkanes) is 16. The summed E-state index contributed by atoms with van der Waals surface area (Å²) >= 11 is 0. The SMILES string of the molecule is CCCCCCCCCCCC(=N)O[C@@H](CCCCCCCCCCC)CC(C)=O. The second kappa shape index (κ2) is 22.8. The quantitative estimate of drug-likeness (QED) is 0.101. The summed E-state index contributed by atoms with van der Waals surface area (Å²) in [5.74, 6) is 0.562. The van der Waals surface area contributed by atoms with Gasteiger partial charge in [-0.3, -0.25) is 10.2 Å². The summed E-state index contributed by atoms with van der Waals surface area (Å²) in [6, 6.07) is 0. The van der Waals surface area contributed by atoms with Crippen LogP contribution in [0.5, 0.6) is 0 Å². The van der Waals surface area contributed by atoms with Crippen molar-refractivity contribution in [3.63, 3.8) is 0 Å². The normalized spacial score (nSPS) is 12.1. The highest BCUT2D eigenvalue weighted by molar-refractivity contribution is 5.77. The van der Waals surface area contributed by atoms with Crippen LogP contribution in [0.2, 0.25) is 0 Å². The Balaban J connectivity index is 3.75. The van der Waals surface area contributed by atoms with Crippen LogP contribution in [-0.2, 0) is 9.53 Å². The third kappa shape index (κ3) is 21.8. The van der Waals surface area contributed by atoms with E-state index in [0.29, 0.717) is 12.3 Å². The zero-order chi connectivity index (χ0) is 22.3. The molecule has 0 amide bonds. The molecule has 0 spiro atoms. The van der Waals surface area contributed by atoms with Gasteiger partial charge in [0.2, 0.25) is 0 Å². The molecule has 0 rings (SSSR count). The Hall–Kier alpha value is -0.860. The van der Waals surface area contributed by atoms with Crippen LogP contribution >= 0.6 is 0 Å². The Bertz CT molecular complexity index is 394. The van der Waals surface area contributed by atoms with E-state index >= 15 is 0 Å². The second-order valence-corrected chi connectivity index (χ2v) is 9.26. The van der Waals surface area contributed by atoms with Gasteiger partial charge in [-0.2, -0.15) is 0 Å². The Morgan fingerprint density at radius 2 is 1.07 bits per heavy atom. The van der Waals surface area contributed by atoms with Gasteiger partial charge in [0.25, 0.3) is 0 Å². The van der Waals surface area contributed by atoms with E-state index < -0.39 is 0 Å². The van der Waals surface area contributed by atoms with E-state index in [1.54, 1.807) is 6.92 Å². The first kappa shape index (κ1) is 29.1. The smallest absolute Gasteiger partial charge is 0.180 e. The monoisotopic (exact) mass is 423 g/mol. The Morgan fingerprint density at radius 3 is 1.50 bits per heavy atom. The molecule has 0 aliphatic heterocycles. The molecule has 0 aromatic carbocycles. The minimum Gasteiger partial charge on any atom is -0.477 e. The van der Waals surface area contributed by atoms with Crippen LogP contribution in [0, 0.1) is 5.41 Å². The van der Waals surface area contributed by atoms with Gasteiger partial charge in [0.05, 0.1) is 0 Å². The molecule has 0 aromatic rings. The van der Waals surface area contributed by atoms with Gasteiger partial charge in [-0.15, -0.1) is 0 Å². The van der Waals surface area contributed by atoms with Gasteiger partial charge in [0, 0.05) is 12.8 Å². The lowest BCUT2D eigenvalue weighted by Crippen LogP contribution is -2.20. The number of hydrogen-bond acceptors (Lipinski definition) is 3. The number of ether oxygens (including phenoxy) is 1. The molecule has 0 aliphatic carbocycles. The van der Waals surface area contributed by atoms with Crippen molar-refractivity contribution in [1.82, 2.24) is 0 Å². The summed E-state index contributed by atoms with van der Waals surface area (Å²) in [6.45, 7) is 6.15. The molecule has 30 heavy (non-hydrogen) atoms. The number of carbonyl (C=O) groups excluding carboxylic acids is 1. The largest absolute Gasteiger partial charge is 0.477 e. The van der Waals surface area contributed by atoms with Gasteiger partial charge in [-0.05, 0) is 26.2 Å². The van der Waals surface area contributed by atoms with Crippen molar-refractivity contribution in [2.24, 2.45) is 0 Å². The third-order valence-electron chi connectivity index (χ3n) is 5.96. The summed E-state index contributed by atoms with van der Waals surface area (Å²) in [7, 11) is 0. The maximum Gasteiger partial charge on any atom is 0.180 e. The molecule has 0 aromatic heterocycles. The lowest BCUT2D eigenvalue weighted by molar-refractivity contribution is -0.118. The van der Waals surface area contributed by atoms with E-state index in [2.05, 4.69) is 13.8 Å². The Kier molecular flexibility index (Phi) is 22.2. The second-order valence-electron chi connectivity index (χ2n) is 9.26. The molecule has 1 N–H and O–H groups in total. The summed E-state index contributed by atoms with van der Waals surface area (Å²) < 4.78 is 5.87. The predicted molar refractivity (Wildman–Crippen MR) is 132 cm³/mol. The highest BCUT2D eigenvalue weighted by Crippen LogP contribution is 2.16. The van der Waals surface area contributed by atoms with E-state index in [0.717, 1.165) is 25.7 Å². The average Bonchev–Trinajstić information content (AvgIpc) is 2.70. The molecule has 0 saturated heterocycles. The van der Waals surface area contributed by atoms with Crippen LogP contribution in [0.3, 0.4) is 0 Å². The fourth-order valence-electron chi connectivity index (χ4n) is 4.06. The minimum atomic E-state index is -0.0851. The average molecular weight is 424 g/mol. The van der Waals surface area contributed by atoms with Crippen LogP contribution in [-0.4, -0.2) is 17.8 Å². The molecule has 178 valence electrons. The zero-order valence-electron chi connectivity index (χ0n) is 20.7. The van der Waals surface area contributed by atoms with Gasteiger partial charge in [0.1, 0.15) is 11.9 Å². The number of rotatable bonds is 23. The van der Waals surface area contributed by atoms with Gasteiger partial charge < -0.3 is 4.74 Å². The lowest BCUT2D eigenvalue weighted by Gasteiger charge is -2.18. The number of ketones is 1. The van der Waals surface area contributed by atoms with Crippen molar-refractivity contribution in [3.8, 4) is 0 Å². The molecule has 0 fully saturated rings. The Labute approximate surface area is 188 Å². The summed E-state index contributed by atoms with van der Waals surface area (Å²) in [5, 5.41) is 8.15. The highest BCUT2D eigenvalue weighted by atomic mass is 16.5. The fourth-order valence-corrected chi connectivity index (χ4v) is 4.06. The molecule has 0 radical (unpaired) electrons. The predicted octanol–water partition coefficient (Wildman–Crippen LogP) is 9.17. The molecule has 0 saturated carbocycles.